The maximum Gasteiger partial charge on any atom is 0.0452 e. The lowest BCUT2D eigenvalue weighted by atomic mass is 10.5. The van der Waals surface area contributed by atoms with Crippen LogP contribution in [0.4, 0.5) is 0 Å². The minimum absolute atomic E-state index is 1.14. The Labute approximate surface area is 67.4 Å². The van der Waals surface area contributed by atoms with Crippen LogP contribution < -0.4 is 0 Å². The van der Waals surface area contributed by atoms with Gasteiger partial charge in [0.05, 0.1) is 0 Å². The molecule has 1 heterocycles. The van der Waals surface area contributed by atoms with Gasteiger partial charge in [-0.15, -0.1) is 0 Å². The Morgan fingerprint density at radius 1 is 1.56 bits per heavy atom. The molecule has 1 aliphatic heterocycles. The summed E-state index contributed by atoms with van der Waals surface area (Å²) < 4.78 is 0. The lowest BCUT2D eigenvalue weighted by Gasteiger charge is -2.18. The zero-order valence-electron chi connectivity index (χ0n) is 5.46. The van der Waals surface area contributed by atoms with Crippen molar-refractivity contribution in [1.29, 1.82) is 0 Å². The molecule has 0 unspecified atom stereocenters. The summed E-state index contributed by atoms with van der Waals surface area (Å²) in [6, 6.07) is 0. The van der Waals surface area contributed by atoms with Crippen LogP contribution in [0.2, 0.25) is 0 Å². The molecule has 0 fully saturated rings. The fourth-order valence-electron chi connectivity index (χ4n) is 0.456. The van der Waals surface area contributed by atoms with Crippen LogP contribution in [0.5, 0.6) is 0 Å². The Bertz CT molecular complexity index is 121. The Morgan fingerprint density at radius 3 is 2.67 bits per heavy atom. The first-order valence-electron chi connectivity index (χ1n) is 2.62. The Kier molecular flexibility index (Phi) is 3.15. The SMILES string of the molecule is CN(C)C1=CSSSC1. The van der Waals surface area contributed by atoms with E-state index in [9.17, 15) is 0 Å². The number of rotatable bonds is 1. The van der Waals surface area contributed by atoms with Gasteiger partial charge in [0.25, 0.3) is 0 Å². The highest BCUT2D eigenvalue weighted by atomic mass is 33.5. The third-order valence-electron chi connectivity index (χ3n) is 1.05. The molecule has 0 saturated heterocycles. The largest absolute Gasteiger partial charge is 0.380 e. The Hall–Kier alpha value is 0.590. The van der Waals surface area contributed by atoms with Crippen LogP contribution >= 0.6 is 31.4 Å². The predicted molar refractivity (Wildman–Crippen MR) is 49.4 cm³/mol. The van der Waals surface area contributed by atoms with E-state index in [2.05, 4.69) is 24.4 Å². The molecule has 0 saturated carbocycles. The fourth-order valence-corrected chi connectivity index (χ4v) is 3.98. The van der Waals surface area contributed by atoms with Gasteiger partial charge in [0.15, 0.2) is 0 Å². The second-order valence-corrected chi connectivity index (χ2v) is 5.94. The maximum absolute atomic E-state index is 2.21. The first kappa shape index (κ1) is 7.69. The van der Waals surface area contributed by atoms with Gasteiger partial charge in [-0.05, 0) is 9.83 Å². The van der Waals surface area contributed by atoms with Crippen molar-refractivity contribution in [1.82, 2.24) is 4.90 Å². The molecule has 0 spiro atoms. The molecule has 0 aromatic rings. The van der Waals surface area contributed by atoms with Crippen LogP contribution in [0.15, 0.2) is 11.1 Å². The van der Waals surface area contributed by atoms with Crippen molar-refractivity contribution in [3.8, 4) is 0 Å². The van der Waals surface area contributed by atoms with Crippen molar-refractivity contribution in [3.05, 3.63) is 11.1 Å². The van der Waals surface area contributed by atoms with Crippen molar-refractivity contribution in [2.75, 3.05) is 19.8 Å². The smallest absolute Gasteiger partial charge is 0.0452 e. The van der Waals surface area contributed by atoms with E-state index in [-0.39, 0.29) is 0 Å². The highest BCUT2D eigenvalue weighted by Crippen LogP contribution is 2.41. The monoisotopic (exact) mass is 179 g/mol. The summed E-state index contributed by atoms with van der Waals surface area (Å²) in [7, 11) is 9.73. The minimum atomic E-state index is 1.14. The standard InChI is InChI=1S/C5H9NS3/c1-6(2)5-3-7-9-8-4-5/h3H,4H2,1-2H3. The van der Waals surface area contributed by atoms with Gasteiger partial charge in [-0.25, -0.2) is 0 Å². The van der Waals surface area contributed by atoms with Crippen molar-refractivity contribution < 1.29 is 0 Å². The summed E-state index contributed by atoms with van der Waals surface area (Å²) in [5.74, 6) is 1.14. The molecule has 1 aliphatic rings. The minimum Gasteiger partial charge on any atom is -0.380 e. The van der Waals surface area contributed by atoms with Crippen molar-refractivity contribution >= 4 is 31.4 Å². The van der Waals surface area contributed by atoms with Gasteiger partial charge in [0.1, 0.15) is 0 Å². The van der Waals surface area contributed by atoms with E-state index in [0.717, 1.165) is 5.75 Å². The molecule has 0 radical (unpaired) electrons. The van der Waals surface area contributed by atoms with Crippen molar-refractivity contribution in [3.63, 3.8) is 0 Å². The average Bonchev–Trinajstić information content (AvgIpc) is 1.90. The molecule has 0 aromatic heterocycles. The maximum atomic E-state index is 2.21. The highest BCUT2D eigenvalue weighted by Gasteiger charge is 2.05. The van der Waals surface area contributed by atoms with Gasteiger partial charge in [-0.2, -0.15) is 0 Å². The highest BCUT2D eigenvalue weighted by molar-refractivity contribution is 9.10. The van der Waals surface area contributed by atoms with E-state index in [1.165, 1.54) is 5.70 Å². The summed E-state index contributed by atoms with van der Waals surface area (Å²) in [5, 5.41) is 2.21. The molecule has 0 amide bonds. The molecule has 1 nitrogen and oxygen atoms in total. The number of hydrogen-bond acceptors (Lipinski definition) is 4. The van der Waals surface area contributed by atoms with Gasteiger partial charge in [0, 0.05) is 31.0 Å². The molecule has 0 aromatic carbocycles. The van der Waals surface area contributed by atoms with Gasteiger partial charge in [0.2, 0.25) is 0 Å². The molecule has 1 rings (SSSR count). The topological polar surface area (TPSA) is 3.24 Å². The van der Waals surface area contributed by atoms with Crippen LogP contribution in [-0.2, 0) is 0 Å². The van der Waals surface area contributed by atoms with Crippen LogP contribution in [0, 0.1) is 0 Å². The normalized spacial score (nSPS) is 19.1. The number of hydrogen-bond donors (Lipinski definition) is 0. The third kappa shape index (κ3) is 2.35. The van der Waals surface area contributed by atoms with E-state index in [1.54, 1.807) is 0 Å². The molecule has 9 heavy (non-hydrogen) atoms. The summed E-state index contributed by atoms with van der Waals surface area (Å²) in [6.45, 7) is 0. The lowest BCUT2D eigenvalue weighted by Crippen LogP contribution is -2.12. The third-order valence-corrected chi connectivity index (χ3v) is 4.75. The van der Waals surface area contributed by atoms with Crippen LogP contribution in [0.25, 0.3) is 0 Å². The second-order valence-electron chi connectivity index (χ2n) is 1.93. The van der Waals surface area contributed by atoms with Gasteiger partial charge in [-0.3, -0.25) is 0 Å². The van der Waals surface area contributed by atoms with E-state index >= 15 is 0 Å². The quantitative estimate of drug-likeness (QED) is 0.568. The van der Waals surface area contributed by atoms with Crippen LogP contribution in [-0.4, -0.2) is 24.7 Å². The predicted octanol–water partition coefficient (Wildman–Crippen LogP) is 2.43. The van der Waals surface area contributed by atoms with Gasteiger partial charge in [-0.1, -0.05) is 21.6 Å². The van der Waals surface area contributed by atoms with Gasteiger partial charge < -0.3 is 4.90 Å². The fraction of sp³-hybridized carbons (Fsp3) is 0.600. The summed E-state index contributed by atoms with van der Waals surface area (Å²) in [5.41, 5.74) is 1.42. The van der Waals surface area contributed by atoms with Gasteiger partial charge >= 0.3 is 0 Å². The first-order valence-corrected chi connectivity index (χ1v) is 6.33. The zero-order valence-corrected chi connectivity index (χ0v) is 7.91. The van der Waals surface area contributed by atoms with Crippen LogP contribution in [0.3, 0.4) is 0 Å². The molecule has 4 heteroatoms. The van der Waals surface area contributed by atoms with E-state index in [1.807, 2.05) is 31.4 Å². The van der Waals surface area contributed by atoms with Crippen LogP contribution in [0.1, 0.15) is 0 Å². The summed E-state index contributed by atoms with van der Waals surface area (Å²) in [6.07, 6.45) is 0. The molecule has 0 atom stereocenters. The van der Waals surface area contributed by atoms with Crippen molar-refractivity contribution in [2.24, 2.45) is 0 Å². The second kappa shape index (κ2) is 3.68. The van der Waals surface area contributed by atoms with Crippen molar-refractivity contribution in [2.45, 2.75) is 0 Å². The van der Waals surface area contributed by atoms with E-state index < -0.39 is 0 Å². The summed E-state index contributed by atoms with van der Waals surface area (Å²) in [4.78, 5) is 2.17. The molecule has 0 N–H and O–H groups in total. The summed E-state index contributed by atoms with van der Waals surface area (Å²) >= 11 is 0. The molecular weight excluding hydrogens is 170 g/mol. The number of nitrogens with zero attached hydrogens (tertiary/aromatic N) is 1. The average molecular weight is 179 g/mol. The van der Waals surface area contributed by atoms with E-state index in [4.69, 9.17) is 0 Å². The molecule has 0 bridgehead atoms. The molecular formula is C5H9NS3. The zero-order chi connectivity index (χ0) is 6.69. The first-order chi connectivity index (χ1) is 4.30. The Balaban J connectivity index is 2.46. The lowest BCUT2D eigenvalue weighted by molar-refractivity contribution is 0.518. The Morgan fingerprint density at radius 2 is 2.33 bits per heavy atom. The molecule has 52 valence electrons. The molecule has 0 aliphatic carbocycles. The van der Waals surface area contributed by atoms with E-state index in [0.29, 0.717) is 0 Å².